The van der Waals surface area contributed by atoms with Gasteiger partial charge in [-0.2, -0.15) is 0 Å². The number of esters is 4. The Kier molecular flexibility index (Phi) is 10.5. The first-order chi connectivity index (χ1) is 23.4. The molecule has 0 N–H and O–H groups in total. The maximum Gasteiger partial charge on any atom is 0.343 e. The van der Waals surface area contributed by atoms with Crippen LogP contribution in [0.2, 0.25) is 0 Å². The van der Waals surface area contributed by atoms with Crippen molar-refractivity contribution in [3.8, 4) is 22.6 Å². The SMILES string of the molecule is O=C(OCOCC1CO1)c1ccc(C(=O)Oc2ccc(-c3ccc(OC(=O)c4ccc(C(=O)OCOCC5CO5)cc4)cc3)cc2)cc1. The Balaban J connectivity index is 0.951. The second-order valence-electron chi connectivity index (χ2n) is 10.7. The van der Waals surface area contributed by atoms with Gasteiger partial charge in [-0.3, -0.25) is 0 Å². The minimum Gasteiger partial charge on any atom is -0.435 e. The fourth-order valence-corrected chi connectivity index (χ4v) is 4.29. The fraction of sp³-hybridized carbons (Fsp3) is 0.222. The molecule has 0 saturated carbocycles. The smallest absolute Gasteiger partial charge is 0.343 e. The second kappa shape index (κ2) is 15.5. The monoisotopic (exact) mass is 654 g/mol. The Hall–Kier alpha value is -5.40. The van der Waals surface area contributed by atoms with Gasteiger partial charge in [0.1, 0.15) is 23.7 Å². The highest BCUT2D eigenvalue weighted by atomic mass is 16.7. The average Bonchev–Trinajstić information content (AvgIpc) is 4.06. The average molecular weight is 655 g/mol. The lowest BCUT2D eigenvalue weighted by Crippen LogP contribution is -2.12. The molecule has 246 valence electrons. The minimum atomic E-state index is -0.583. The van der Waals surface area contributed by atoms with Crippen LogP contribution in [-0.2, 0) is 28.4 Å². The van der Waals surface area contributed by atoms with Gasteiger partial charge in [-0.25, -0.2) is 19.2 Å². The molecule has 2 atom stereocenters. The molecule has 12 nitrogen and oxygen atoms in total. The van der Waals surface area contributed by atoms with Crippen LogP contribution >= 0.6 is 0 Å². The van der Waals surface area contributed by atoms with E-state index >= 15 is 0 Å². The van der Waals surface area contributed by atoms with Crippen molar-refractivity contribution in [1.29, 1.82) is 0 Å². The van der Waals surface area contributed by atoms with E-state index in [0.717, 1.165) is 11.1 Å². The molecule has 2 aliphatic rings. The van der Waals surface area contributed by atoms with Crippen LogP contribution in [0, 0.1) is 0 Å². The molecule has 2 fully saturated rings. The molecule has 0 aliphatic carbocycles. The highest BCUT2D eigenvalue weighted by Gasteiger charge is 2.23. The topological polar surface area (TPSA) is 149 Å². The molecule has 0 bridgehead atoms. The molecule has 0 aromatic heterocycles. The minimum absolute atomic E-state index is 0.0780. The number of carbonyl (C=O) groups is 4. The third-order valence-electron chi connectivity index (χ3n) is 7.13. The molecule has 0 spiro atoms. The summed E-state index contributed by atoms with van der Waals surface area (Å²) in [5.74, 6) is -1.62. The van der Waals surface area contributed by atoms with Gasteiger partial charge in [0, 0.05) is 0 Å². The van der Waals surface area contributed by atoms with E-state index in [9.17, 15) is 19.2 Å². The number of epoxide rings is 2. The molecule has 12 heteroatoms. The second-order valence-corrected chi connectivity index (χ2v) is 10.7. The van der Waals surface area contributed by atoms with Crippen LogP contribution < -0.4 is 9.47 Å². The van der Waals surface area contributed by atoms with Gasteiger partial charge in [-0.05, 0) is 83.9 Å². The maximum atomic E-state index is 12.6. The Morgan fingerprint density at radius 1 is 0.479 bits per heavy atom. The van der Waals surface area contributed by atoms with Crippen LogP contribution in [0.25, 0.3) is 11.1 Å². The van der Waals surface area contributed by atoms with Gasteiger partial charge in [0.25, 0.3) is 0 Å². The third kappa shape index (κ3) is 9.33. The first-order valence-corrected chi connectivity index (χ1v) is 15.0. The van der Waals surface area contributed by atoms with E-state index in [1.807, 2.05) is 0 Å². The molecule has 0 amide bonds. The van der Waals surface area contributed by atoms with E-state index in [0.29, 0.717) is 37.9 Å². The fourth-order valence-electron chi connectivity index (χ4n) is 4.29. The Morgan fingerprint density at radius 2 is 0.792 bits per heavy atom. The standard InChI is InChI=1S/C36H30O12/c37-33(45-21-41-17-31-19-43-31)25-1-5-27(6-2-25)35(39)47-29-13-9-23(10-14-29)24-11-15-30(16-12-24)48-36(40)28-7-3-26(4-8-28)34(38)46-22-42-18-32-20-44-32/h1-16,31-32H,17-22H2. The van der Waals surface area contributed by atoms with E-state index < -0.39 is 23.9 Å². The van der Waals surface area contributed by atoms with Gasteiger partial charge < -0.3 is 37.9 Å². The first-order valence-electron chi connectivity index (χ1n) is 15.0. The number of hydrogen-bond acceptors (Lipinski definition) is 12. The lowest BCUT2D eigenvalue weighted by molar-refractivity contribution is -0.0357. The van der Waals surface area contributed by atoms with Crippen molar-refractivity contribution in [2.45, 2.75) is 12.2 Å². The van der Waals surface area contributed by atoms with E-state index in [-0.39, 0.29) is 48.0 Å². The number of rotatable bonds is 15. The Labute approximate surface area is 275 Å². The van der Waals surface area contributed by atoms with Crippen molar-refractivity contribution in [2.75, 3.05) is 40.0 Å². The van der Waals surface area contributed by atoms with Gasteiger partial charge in [-0.15, -0.1) is 0 Å². The van der Waals surface area contributed by atoms with Gasteiger partial charge in [0.15, 0.2) is 13.6 Å². The number of benzene rings is 4. The van der Waals surface area contributed by atoms with Gasteiger partial charge in [-0.1, -0.05) is 24.3 Å². The predicted molar refractivity (Wildman–Crippen MR) is 167 cm³/mol. The van der Waals surface area contributed by atoms with Crippen LogP contribution in [0.4, 0.5) is 0 Å². The van der Waals surface area contributed by atoms with Crippen LogP contribution in [0.5, 0.6) is 11.5 Å². The molecule has 4 aromatic rings. The molecule has 4 aromatic carbocycles. The summed E-state index contributed by atoms with van der Waals surface area (Å²) >= 11 is 0. The van der Waals surface area contributed by atoms with Crippen LogP contribution in [0.3, 0.4) is 0 Å². The quantitative estimate of drug-likeness (QED) is 0.0567. The summed E-state index contributed by atoms with van der Waals surface area (Å²) in [7, 11) is 0. The van der Waals surface area contributed by atoms with E-state index in [1.54, 1.807) is 48.5 Å². The van der Waals surface area contributed by atoms with Crippen molar-refractivity contribution in [2.24, 2.45) is 0 Å². The zero-order chi connectivity index (χ0) is 33.3. The molecule has 2 heterocycles. The summed E-state index contributed by atoms with van der Waals surface area (Å²) < 4.78 is 41.5. The molecular formula is C36H30O12. The van der Waals surface area contributed by atoms with E-state index in [1.165, 1.54) is 48.5 Å². The molecule has 48 heavy (non-hydrogen) atoms. The summed E-state index contributed by atoms with van der Waals surface area (Å²) in [6, 6.07) is 25.7. The largest absolute Gasteiger partial charge is 0.435 e. The summed E-state index contributed by atoms with van der Waals surface area (Å²) in [6.45, 7) is 1.69. The van der Waals surface area contributed by atoms with Crippen LogP contribution in [-0.4, -0.2) is 76.1 Å². The molecule has 0 radical (unpaired) electrons. The molecule has 2 unspecified atom stereocenters. The molecule has 2 saturated heterocycles. The Morgan fingerprint density at radius 3 is 1.10 bits per heavy atom. The van der Waals surface area contributed by atoms with E-state index in [4.69, 9.17) is 37.9 Å². The van der Waals surface area contributed by atoms with Crippen molar-refractivity contribution < 1.29 is 57.1 Å². The van der Waals surface area contributed by atoms with Crippen molar-refractivity contribution in [3.05, 3.63) is 119 Å². The van der Waals surface area contributed by atoms with Gasteiger partial charge >= 0.3 is 23.9 Å². The third-order valence-corrected chi connectivity index (χ3v) is 7.13. The molecular weight excluding hydrogens is 624 g/mol. The number of carbonyl (C=O) groups excluding carboxylic acids is 4. The zero-order valence-corrected chi connectivity index (χ0v) is 25.5. The van der Waals surface area contributed by atoms with E-state index in [2.05, 4.69) is 0 Å². The number of ether oxygens (including phenoxy) is 8. The summed E-state index contributed by atoms with van der Waals surface area (Å²) in [5, 5.41) is 0. The molecule has 6 rings (SSSR count). The summed E-state index contributed by atoms with van der Waals surface area (Å²) in [6.07, 6.45) is 0.156. The lowest BCUT2D eigenvalue weighted by Gasteiger charge is -2.09. The zero-order valence-electron chi connectivity index (χ0n) is 25.5. The molecule has 2 aliphatic heterocycles. The van der Waals surface area contributed by atoms with Crippen molar-refractivity contribution >= 4 is 23.9 Å². The summed E-state index contributed by atoms with van der Waals surface area (Å²) in [4.78, 5) is 49.5. The van der Waals surface area contributed by atoms with Crippen LogP contribution in [0.1, 0.15) is 41.4 Å². The highest BCUT2D eigenvalue weighted by Crippen LogP contribution is 2.26. The lowest BCUT2D eigenvalue weighted by atomic mass is 10.1. The van der Waals surface area contributed by atoms with Crippen molar-refractivity contribution in [3.63, 3.8) is 0 Å². The summed E-state index contributed by atoms with van der Waals surface area (Å²) in [5.41, 5.74) is 2.77. The highest BCUT2D eigenvalue weighted by molar-refractivity contribution is 5.95. The number of hydrogen-bond donors (Lipinski definition) is 0. The maximum absolute atomic E-state index is 12.6. The van der Waals surface area contributed by atoms with Gasteiger partial charge in [0.05, 0.1) is 48.7 Å². The normalized spacial score (nSPS) is 16.0. The van der Waals surface area contributed by atoms with Gasteiger partial charge in [0.2, 0.25) is 0 Å². The first kappa shape index (κ1) is 32.5. The van der Waals surface area contributed by atoms with Crippen LogP contribution in [0.15, 0.2) is 97.1 Å². The van der Waals surface area contributed by atoms with Crippen molar-refractivity contribution in [1.82, 2.24) is 0 Å². The Bertz CT molecular complexity index is 1590. The predicted octanol–water partition coefficient (Wildman–Crippen LogP) is 4.85.